The van der Waals surface area contributed by atoms with Crippen molar-refractivity contribution in [2.75, 3.05) is 13.2 Å². The summed E-state index contributed by atoms with van der Waals surface area (Å²) in [6.45, 7) is 3.05. The molecule has 0 spiro atoms. The zero-order valence-electron chi connectivity index (χ0n) is 12.2. The van der Waals surface area contributed by atoms with E-state index >= 15 is 0 Å². The van der Waals surface area contributed by atoms with E-state index in [1.807, 2.05) is 24.3 Å². The summed E-state index contributed by atoms with van der Waals surface area (Å²) in [6.07, 6.45) is 5.06. The Bertz CT molecular complexity index is 431. The fourth-order valence-corrected chi connectivity index (χ4v) is 3.67. The van der Waals surface area contributed by atoms with Gasteiger partial charge in [-0.1, -0.05) is 24.1 Å². The van der Waals surface area contributed by atoms with E-state index < -0.39 is 6.10 Å². The molecule has 2 saturated carbocycles. The number of ether oxygens (including phenoxy) is 1. The van der Waals surface area contributed by atoms with E-state index in [-0.39, 0.29) is 0 Å². The SMILES string of the molecule is Cc1ccc(OCC(O)CNC2CC3CCC2C3)cc1. The summed E-state index contributed by atoms with van der Waals surface area (Å²) in [5.74, 6) is 2.62. The summed E-state index contributed by atoms with van der Waals surface area (Å²) < 4.78 is 5.61. The third kappa shape index (κ3) is 3.33. The second-order valence-corrected chi connectivity index (χ2v) is 6.47. The highest BCUT2D eigenvalue weighted by atomic mass is 16.5. The number of aryl methyl sites for hydroxylation is 1. The number of hydrogen-bond donors (Lipinski definition) is 2. The number of aliphatic hydroxyl groups excluding tert-OH is 1. The molecule has 20 heavy (non-hydrogen) atoms. The average Bonchev–Trinajstić information content (AvgIpc) is 3.07. The molecule has 2 aliphatic carbocycles. The van der Waals surface area contributed by atoms with E-state index in [9.17, 15) is 5.11 Å². The normalized spacial score (nSPS) is 29.6. The maximum atomic E-state index is 10.0. The maximum Gasteiger partial charge on any atom is 0.119 e. The van der Waals surface area contributed by atoms with Crippen LogP contribution in [0, 0.1) is 18.8 Å². The molecule has 2 aliphatic rings. The molecule has 110 valence electrons. The van der Waals surface area contributed by atoms with E-state index in [2.05, 4.69) is 12.2 Å². The number of hydrogen-bond acceptors (Lipinski definition) is 3. The summed E-state index contributed by atoms with van der Waals surface area (Å²) in [4.78, 5) is 0. The molecule has 4 atom stereocenters. The number of fused-ring (bicyclic) bond motifs is 2. The highest BCUT2D eigenvalue weighted by Gasteiger charge is 2.39. The van der Waals surface area contributed by atoms with E-state index in [0.717, 1.165) is 17.6 Å². The second-order valence-electron chi connectivity index (χ2n) is 6.47. The number of aliphatic hydroxyl groups is 1. The van der Waals surface area contributed by atoms with Gasteiger partial charge in [0.2, 0.25) is 0 Å². The van der Waals surface area contributed by atoms with Gasteiger partial charge in [-0.15, -0.1) is 0 Å². The molecule has 1 aromatic carbocycles. The summed E-state index contributed by atoms with van der Waals surface area (Å²) in [6, 6.07) is 8.57. The van der Waals surface area contributed by atoms with Crippen molar-refractivity contribution in [3.05, 3.63) is 29.8 Å². The lowest BCUT2D eigenvalue weighted by molar-refractivity contribution is 0.101. The average molecular weight is 275 g/mol. The Labute approximate surface area is 121 Å². The van der Waals surface area contributed by atoms with Gasteiger partial charge in [0.15, 0.2) is 0 Å². The van der Waals surface area contributed by atoms with E-state index in [1.165, 1.54) is 31.2 Å². The summed E-state index contributed by atoms with van der Waals surface area (Å²) in [7, 11) is 0. The maximum absolute atomic E-state index is 10.0. The van der Waals surface area contributed by atoms with Gasteiger partial charge in [0, 0.05) is 12.6 Å². The van der Waals surface area contributed by atoms with Crippen molar-refractivity contribution in [3.63, 3.8) is 0 Å². The zero-order chi connectivity index (χ0) is 13.9. The molecule has 0 heterocycles. The minimum atomic E-state index is -0.435. The Balaban J connectivity index is 1.37. The molecule has 3 nitrogen and oxygen atoms in total. The van der Waals surface area contributed by atoms with Gasteiger partial charge in [-0.2, -0.15) is 0 Å². The van der Waals surface area contributed by atoms with E-state index in [1.54, 1.807) is 0 Å². The quantitative estimate of drug-likeness (QED) is 0.838. The van der Waals surface area contributed by atoms with Crippen LogP contribution in [-0.2, 0) is 0 Å². The van der Waals surface area contributed by atoms with Gasteiger partial charge >= 0.3 is 0 Å². The largest absolute Gasteiger partial charge is 0.491 e. The molecule has 2 N–H and O–H groups in total. The monoisotopic (exact) mass is 275 g/mol. The molecule has 4 unspecified atom stereocenters. The van der Waals surface area contributed by atoms with Crippen LogP contribution in [0.2, 0.25) is 0 Å². The van der Waals surface area contributed by atoms with Gasteiger partial charge in [0.05, 0.1) is 0 Å². The first-order valence-corrected chi connectivity index (χ1v) is 7.81. The van der Waals surface area contributed by atoms with Crippen LogP contribution in [0.15, 0.2) is 24.3 Å². The van der Waals surface area contributed by atoms with Crippen LogP contribution in [0.1, 0.15) is 31.2 Å². The summed E-state index contributed by atoms with van der Waals surface area (Å²) in [5, 5.41) is 13.5. The molecular formula is C17H25NO2. The minimum Gasteiger partial charge on any atom is -0.491 e. The van der Waals surface area contributed by atoms with Crippen LogP contribution in [0.5, 0.6) is 5.75 Å². The van der Waals surface area contributed by atoms with Gasteiger partial charge in [-0.3, -0.25) is 0 Å². The molecule has 1 aromatic rings. The highest BCUT2D eigenvalue weighted by Crippen LogP contribution is 2.44. The molecule has 2 bridgehead atoms. The predicted octanol–water partition coefficient (Wildman–Crippen LogP) is 2.51. The van der Waals surface area contributed by atoms with Gasteiger partial charge in [-0.05, 0) is 50.2 Å². The van der Waals surface area contributed by atoms with Crippen molar-refractivity contribution in [2.45, 2.75) is 44.8 Å². The first-order chi connectivity index (χ1) is 9.70. The van der Waals surface area contributed by atoms with Crippen molar-refractivity contribution >= 4 is 0 Å². The van der Waals surface area contributed by atoms with Crippen LogP contribution < -0.4 is 10.1 Å². The zero-order valence-corrected chi connectivity index (χ0v) is 12.2. The number of rotatable bonds is 6. The molecule has 0 amide bonds. The molecule has 0 aromatic heterocycles. The van der Waals surface area contributed by atoms with Gasteiger partial charge in [0.1, 0.15) is 18.5 Å². The lowest BCUT2D eigenvalue weighted by Gasteiger charge is -2.24. The van der Waals surface area contributed by atoms with Gasteiger partial charge in [0.25, 0.3) is 0 Å². The van der Waals surface area contributed by atoms with E-state index in [4.69, 9.17) is 4.74 Å². The molecule has 3 rings (SSSR count). The van der Waals surface area contributed by atoms with Crippen LogP contribution >= 0.6 is 0 Å². The van der Waals surface area contributed by atoms with Crippen LogP contribution in [-0.4, -0.2) is 30.4 Å². The van der Waals surface area contributed by atoms with Crippen LogP contribution in [0.3, 0.4) is 0 Å². The van der Waals surface area contributed by atoms with Crippen molar-refractivity contribution in [3.8, 4) is 5.75 Å². The molecular weight excluding hydrogens is 250 g/mol. The molecule has 0 aliphatic heterocycles. The van der Waals surface area contributed by atoms with Crippen molar-refractivity contribution in [1.29, 1.82) is 0 Å². The first kappa shape index (κ1) is 13.9. The minimum absolute atomic E-state index is 0.358. The number of benzene rings is 1. The fourth-order valence-electron chi connectivity index (χ4n) is 3.67. The standard InChI is InChI=1S/C17H25NO2/c1-12-2-6-16(7-3-12)20-11-15(19)10-18-17-9-13-4-5-14(17)8-13/h2-3,6-7,13-15,17-19H,4-5,8-11H2,1H3. The van der Waals surface area contributed by atoms with E-state index in [0.29, 0.717) is 19.2 Å². The predicted molar refractivity (Wildman–Crippen MR) is 79.9 cm³/mol. The Kier molecular flexibility index (Phi) is 4.27. The van der Waals surface area contributed by atoms with Gasteiger partial charge in [-0.25, -0.2) is 0 Å². The molecule has 0 saturated heterocycles. The number of nitrogens with one attached hydrogen (secondary N) is 1. The van der Waals surface area contributed by atoms with Crippen molar-refractivity contribution in [1.82, 2.24) is 5.32 Å². The summed E-state index contributed by atoms with van der Waals surface area (Å²) >= 11 is 0. The van der Waals surface area contributed by atoms with Crippen molar-refractivity contribution < 1.29 is 9.84 Å². The first-order valence-electron chi connectivity index (χ1n) is 7.81. The Hall–Kier alpha value is -1.06. The Morgan fingerprint density at radius 1 is 1.25 bits per heavy atom. The van der Waals surface area contributed by atoms with Crippen molar-refractivity contribution in [2.24, 2.45) is 11.8 Å². The fraction of sp³-hybridized carbons (Fsp3) is 0.647. The molecule has 2 fully saturated rings. The molecule has 0 radical (unpaired) electrons. The van der Waals surface area contributed by atoms with Gasteiger partial charge < -0.3 is 15.2 Å². The Morgan fingerprint density at radius 2 is 2.05 bits per heavy atom. The van der Waals surface area contributed by atoms with Crippen LogP contribution in [0.25, 0.3) is 0 Å². The third-order valence-corrected chi connectivity index (χ3v) is 4.82. The topological polar surface area (TPSA) is 41.5 Å². The second kappa shape index (κ2) is 6.15. The summed E-state index contributed by atoms with van der Waals surface area (Å²) in [5.41, 5.74) is 1.22. The third-order valence-electron chi connectivity index (χ3n) is 4.82. The lowest BCUT2D eigenvalue weighted by Crippen LogP contribution is -2.40. The van der Waals surface area contributed by atoms with Crippen LogP contribution in [0.4, 0.5) is 0 Å². The Morgan fingerprint density at radius 3 is 2.70 bits per heavy atom. The lowest BCUT2D eigenvalue weighted by atomic mass is 9.95. The highest BCUT2D eigenvalue weighted by molar-refractivity contribution is 5.26. The smallest absolute Gasteiger partial charge is 0.119 e. The molecule has 3 heteroatoms.